The molecule has 0 aromatic rings. The van der Waals surface area contributed by atoms with Gasteiger partial charge in [0.25, 0.3) is 0 Å². The van der Waals surface area contributed by atoms with Crippen LogP contribution in [0.25, 0.3) is 0 Å². The Labute approximate surface area is 76.3 Å². The Bertz CT molecular complexity index is 134. The molecule has 0 N–H and O–H groups in total. The number of allylic oxidation sites excluding steroid dienone is 2. The summed E-state index contributed by atoms with van der Waals surface area (Å²) in [6.07, 6.45) is 8.18. The molecule has 2 aliphatic carbocycles. The van der Waals surface area contributed by atoms with Crippen molar-refractivity contribution in [1.29, 1.82) is 0 Å². The second kappa shape index (κ2) is 4.64. The van der Waals surface area contributed by atoms with E-state index >= 15 is 0 Å². The zero-order valence-electron chi connectivity index (χ0n) is 5.56. The van der Waals surface area contributed by atoms with Crippen molar-refractivity contribution in [2.24, 2.45) is 5.92 Å². The third kappa shape index (κ3) is 2.45. The number of rotatable bonds is 0. The monoisotopic (exact) mass is 222 g/mol. The molecule has 0 aromatic carbocycles. The fourth-order valence-corrected chi connectivity index (χ4v) is 1.68. The van der Waals surface area contributed by atoms with Gasteiger partial charge in [-0.1, -0.05) is 11.6 Å². The summed E-state index contributed by atoms with van der Waals surface area (Å²) in [5.74, 6) is 1.08. The van der Waals surface area contributed by atoms with E-state index in [1.54, 1.807) is 5.57 Å². The molecule has 3 heteroatoms. The minimum atomic E-state index is 0.569. The summed E-state index contributed by atoms with van der Waals surface area (Å²) < 4.78 is 0. The fourth-order valence-electron chi connectivity index (χ4n) is 1.68. The SMILES string of the molecule is C1=C2CCC(C1)C2.[Cl][Ni][Cl]. The Morgan fingerprint density at radius 1 is 1.50 bits per heavy atom. The van der Waals surface area contributed by atoms with E-state index in [9.17, 15) is 0 Å². The molecule has 0 aliphatic heterocycles. The van der Waals surface area contributed by atoms with Crippen molar-refractivity contribution in [3.05, 3.63) is 11.6 Å². The van der Waals surface area contributed by atoms with Gasteiger partial charge in [0.2, 0.25) is 0 Å². The number of fused-ring (bicyclic) bond motifs is 2. The van der Waals surface area contributed by atoms with Crippen LogP contribution in [0.1, 0.15) is 25.7 Å². The molecule has 0 heterocycles. The van der Waals surface area contributed by atoms with Crippen LogP contribution < -0.4 is 0 Å². The Morgan fingerprint density at radius 2 is 2.20 bits per heavy atom. The van der Waals surface area contributed by atoms with E-state index in [1.807, 2.05) is 0 Å². The molecular weight excluding hydrogens is 214 g/mol. The van der Waals surface area contributed by atoms with E-state index in [-0.39, 0.29) is 0 Å². The quantitative estimate of drug-likeness (QED) is 0.436. The molecule has 62 valence electrons. The van der Waals surface area contributed by atoms with Crippen molar-refractivity contribution in [2.75, 3.05) is 0 Å². The molecule has 0 amide bonds. The molecule has 1 unspecified atom stereocenters. The summed E-state index contributed by atoms with van der Waals surface area (Å²) in [6, 6.07) is 0. The van der Waals surface area contributed by atoms with Crippen LogP contribution in [0, 0.1) is 5.92 Å². The predicted octanol–water partition coefficient (Wildman–Crippen LogP) is 3.49. The molecule has 1 fully saturated rings. The van der Waals surface area contributed by atoms with Gasteiger partial charge in [-0.25, -0.2) is 0 Å². The van der Waals surface area contributed by atoms with Gasteiger partial charge in [-0.2, -0.15) is 0 Å². The Hall–Kier alpha value is 0.814. The van der Waals surface area contributed by atoms with Crippen LogP contribution in [-0.2, 0) is 12.7 Å². The van der Waals surface area contributed by atoms with E-state index in [2.05, 4.69) is 6.08 Å². The van der Waals surface area contributed by atoms with Crippen LogP contribution >= 0.6 is 20.4 Å². The van der Waals surface area contributed by atoms with Crippen molar-refractivity contribution < 1.29 is 12.7 Å². The van der Waals surface area contributed by atoms with Gasteiger partial charge in [0.15, 0.2) is 0 Å². The first-order valence-corrected chi connectivity index (χ1v) is 6.09. The molecule has 0 radical (unpaired) electrons. The maximum atomic E-state index is 4.70. The van der Waals surface area contributed by atoms with Crippen molar-refractivity contribution >= 4 is 20.4 Å². The van der Waals surface area contributed by atoms with Crippen LogP contribution in [-0.4, -0.2) is 0 Å². The van der Waals surface area contributed by atoms with Gasteiger partial charge in [0.05, 0.1) is 0 Å². The van der Waals surface area contributed by atoms with Gasteiger partial charge in [-0.3, -0.25) is 0 Å². The summed E-state index contributed by atoms with van der Waals surface area (Å²) in [4.78, 5) is 0. The minimum absolute atomic E-state index is 0.569. The predicted molar refractivity (Wildman–Crippen MR) is 41.7 cm³/mol. The van der Waals surface area contributed by atoms with E-state index in [4.69, 9.17) is 20.4 Å². The zero-order valence-corrected chi connectivity index (χ0v) is 8.05. The van der Waals surface area contributed by atoms with E-state index in [0.717, 1.165) is 5.92 Å². The summed E-state index contributed by atoms with van der Waals surface area (Å²) in [5.41, 5.74) is 1.74. The van der Waals surface area contributed by atoms with Crippen LogP contribution in [0.2, 0.25) is 0 Å². The molecule has 2 aliphatic rings. The summed E-state index contributed by atoms with van der Waals surface area (Å²) in [7, 11) is 9.40. The van der Waals surface area contributed by atoms with Crippen LogP contribution in [0.15, 0.2) is 11.6 Å². The molecule has 0 aromatic heterocycles. The maximum absolute atomic E-state index is 4.70. The van der Waals surface area contributed by atoms with Crippen molar-refractivity contribution in [1.82, 2.24) is 0 Å². The second-order valence-electron chi connectivity index (χ2n) is 2.75. The molecular formula is C7H10Cl2Ni. The molecule has 2 rings (SSSR count). The number of hydrogen-bond acceptors (Lipinski definition) is 0. The van der Waals surface area contributed by atoms with Crippen LogP contribution in [0.4, 0.5) is 0 Å². The summed E-state index contributed by atoms with van der Waals surface area (Å²) >= 11 is 0.569. The fraction of sp³-hybridized carbons (Fsp3) is 0.714. The number of hydrogen-bond donors (Lipinski definition) is 0. The first-order chi connectivity index (χ1) is 4.86. The Balaban J connectivity index is 0.000000148. The van der Waals surface area contributed by atoms with Gasteiger partial charge in [0, 0.05) is 0 Å². The molecule has 0 spiro atoms. The van der Waals surface area contributed by atoms with Gasteiger partial charge in [-0.05, 0) is 31.6 Å². The molecule has 10 heavy (non-hydrogen) atoms. The first-order valence-electron chi connectivity index (χ1n) is 3.37. The van der Waals surface area contributed by atoms with Gasteiger partial charge >= 0.3 is 33.0 Å². The van der Waals surface area contributed by atoms with Crippen LogP contribution in [0.5, 0.6) is 0 Å². The standard InChI is InChI=1S/C7H10.2ClH.Ni/c1-2-7-4-3-6(1)5-7;;;/h1,7H,2-5H2;2*1H;/q;;;+2/p-2. The van der Waals surface area contributed by atoms with Crippen LogP contribution in [0.3, 0.4) is 0 Å². The van der Waals surface area contributed by atoms with Crippen molar-refractivity contribution in [2.45, 2.75) is 25.7 Å². The average Bonchev–Trinajstić information content (AvgIpc) is 2.49. The molecule has 0 saturated heterocycles. The number of halogens is 2. The van der Waals surface area contributed by atoms with Gasteiger partial charge < -0.3 is 0 Å². The third-order valence-electron chi connectivity index (χ3n) is 2.16. The van der Waals surface area contributed by atoms with E-state index in [1.165, 1.54) is 25.7 Å². The third-order valence-corrected chi connectivity index (χ3v) is 2.16. The summed E-state index contributed by atoms with van der Waals surface area (Å²) in [5, 5.41) is 0. The van der Waals surface area contributed by atoms with E-state index < -0.39 is 0 Å². The topological polar surface area (TPSA) is 0 Å². The van der Waals surface area contributed by atoms with Gasteiger partial charge in [-0.15, -0.1) is 0 Å². The molecule has 0 nitrogen and oxygen atoms in total. The van der Waals surface area contributed by atoms with E-state index in [0.29, 0.717) is 12.7 Å². The molecule has 2 bridgehead atoms. The average molecular weight is 224 g/mol. The zero-order chi connectivity index (χ0) is 7.40. The first kappa shape index (κ1) is 8.91. The summed E-state index contributed by atoms with van der Waals surface area (Å²) in [6.45, 7) is 0. The van der Waals surface area contributed by atoms with Crippen molar-refractivity contribution in [3.8, 4) is 0 Å². The normalized spacial score (nSPS) is 27.8. The Kier molecular flexibility index (Phi) is 4.13. The Morgan fingerprint density at radius 3 is 2.30 bits per heavy atom. The molecule has 1 saturated carbocycles. The second-order valence-corrected chi connectivity index (χ2v) is 4.38. The van der Waals surface area contributed by atoms with Gasteiger partial charge in [0.1, 0.15) is 0 Å². The van der Waals surface area contributed by atoms with Crippen molar-refractivity contribution in [3.63, 3.8) is 0 Å². The molecule has 1 atom stereocenters.